The van der Waals surface area contributed by atoms with Gasteiger partial charge in [-0.25, -0.2) is 9.97 Å². The van der Waals surface area contributed by atoms with E-state index in [4.69, 9.17) is 0 Å². The predicted octanol–water partition coefficient (Wildman–Crippen LogP) is 2.44. The van der Waals surface area contributed by atoms with Gasteiger partial charge in [0.25, 0.3) is 5.69 Å². The molecule has 0 saturated carbocycles. The highest BCUT2D eigenvalue weighted by atomic mass is 79.9. The zero-order valence-electron chi connectivity index (χ0n) is 13.2. The van der Waals surface area contributed by atoms with Crippen LogP contribution in [0.2, 0.25) is 0 Å². The number of aliphatic hydroxyl groups is 1. The van der Waals surface area contributed by atoms with Gasteiger partial charge in [-0.05, 0) is 34.7 Å². The summed E-state index contributed by atoms with van der Waals surface area (Å²) in [5.41, 5.74) is -0.0364. The van der Waals surface area contributed by atoms with Gasteiger partial charge in [0.1, 0.15) is 23.9 Å². The topological polar surface area (TPSA) is 97.3 Å². The Balaban J connectivity index is 1.67. The first kappa shape index (κ1) is 16.8. The second kappa shape index (κ2) is 6.86. The molecule has 1 aliphatic rings. The number of hydrogen-bond donors (Lipinski definition) is 1. The van der Waals surface area contributed by atoms with Crippen LogP contribution in [0.3, 0.4) is 0 Å². The Morgan fingerprint density at radius 2 is 2.12 bits per heavy atom. The number of pyridine rings is 1. The second-order valence-electron chi connectivity index (χ2n) is 5.92. The zero-order chi connectivity index (χ0) is 17.3. The summed E-state index contributed by atoms with van der Waals surface area (Å²) in [6.07, 6.45) is 5.81. The molecule has 1 unspecified atom stereocenters. The van der Waals surface area contributed by atoms with Crippen molar-refractivity contribution in [1.82, 2.24) is 14.5 Å². The van der Waals surface area contributed by atoms with E-state index in [0.717, 1.165) is 25.9 Å². The van der Waals surface area contributed by atoms with Gasteiger partial charge >= 0.3 is 0 Å². The van der Waals surface area contributed by atoms with Gasteiger partial charge in [-0.3, -0.25) is 10.1 Å². The van der Waals surface area contributed by atoms with Crippen molar-refractivity contribution in [3.63, 3.8) is 0 Å². The second-order valence-corrected chi connectivity index (χ2v) is 6.78. The highest BCUT2D eigenvalue weighted by Gasteiger charge is 2.29. The van der Waals surface area contributed by atoms with Crippen molar-refractivity contribution in [3.8, 4) is 0 Å². The van der Waals surface area contributed by atoms with E-state index in [0.29, 0.717) is 16.1 Å². The fourth-order valence-corrected chi connectivity index (χ4v) is 3.64. The van der Waals surface area contributed by atoms with Crippen LogP contribution in [-0.2, 0) is 7.05 Å². The normalized spacial score (nSPS) is 17.0. The summed E-state index contributed by atoms with van der Waals surface area (Å²) >= 11 is 3.36. The first-order chi connectivity index (χ1) is 11.5. The number of piperidine rings is 1. The molecule has 0 radical (unpaired) electrons. The molecule has 9 heteroatoms. The van der Waals surface area contributed by atoms with Crippen LogP contribution in [0, 0.1) is 16.0 Å². The number of nitro groups is 1. The van der Waals surface area contributed by atoms with Gasteiger partial charge in [0.2, 0.25) is 0 Å². The van der Waals surface area contributed by atoms with E-state index in [-0.39, 0.29) is 11.6 Å². The van der Waals surface area contributed by atoms with E-state index in [9.17, 15) is 15.2 Å². The first-order valence-electron chi connectivity index (χ1n) is 7.67. The molecule has 1 aliphatic heterocycles. The maximum Gasteiger partial charge on any atom is 0.288 e. The van der Waals surface area contributed by atoms with Crippen molar-refractivity contribution in [2.24, 2.45) is 13.0 Å². The number of aryl methyl sites for hydroxylation is 1. The van der Waals surface area contributed by atoms with Crippen LogP contribution in [0.4, 0.5) is 11.5 Å². The summed E-state index contributed by atoms with van der Waals surface area (Å²) < 4.78 is 2.45. The van der Waals surface area contributed by atoms with E-state index in [1.54, 1.807) is 6.20 Å². The van der Waals surface area contributed by atoms with Crippen molar-refractivity contribution < 1.29 is 10.0 Å². The van der Waals surface area contributed by atoms with Gasteiger partial charge in [0.15, 0.2) is 0 Å². The zero-order valence-corrected chi connectivity index (χ0v) is 14.8. The van der Waals surface area contributed by atoms with Crippen LogP contribution in [-0.4, -0.2) is 37.7 Å². The van der Waals surface area contributed by atoms with Gasteiger partial charge in [-0.2, -0.15) is 0 Å². The maximum atomic E-state index is 10.8. The van der Waals surface area contributed by atoms with E-state index >= 15 is 0 Å². The highest BCUT2D eigenvalue weighted by molar-refractivity contribution is 9.10. The quantitative estimate of drug-likeness (QED) is 0.630. The number of anilines is 1. The van der Waals surface area contributed by atoms with Crippen molar-refractivity contribution in [2.75, 3.05) is 18.0 Å². The van der Waals surface area contributed by atoms with Gasteiger partial charge in [0.05, 0.1) is 9.40 Å². The number of aromatic nitrogens is 3. The molecule has 3 rings (SSSR count). The van der Waals surface area contributed by atoms with Gasteiger partial charge in [0, 0.05) is 38.6 Å². The lowest BCUT2D eigenvalue weighted by atomic mass is 9.90. The lowest BCUT2D eigenvalue weighted by Crippen LogP contribution is -2.36. The number of halogens is 1. The average Bonchev–Trinajstić information content (AvgIpc) is 3.00. The lowest BCUT2D eigenvalue weighted by molar-refractivity contribution is -0.385. The fraction of sp³-hybridized carbons (Fsp3) is 0.467. The minimum absolute atomic E-state index is 0.0364. The fourth-order valence-electron chi connectivity index (χ4n) is 3.05. The molecule has 0 amide bonds. The number of nitrogens with zero attached hydrogens (tertiary/aromatic N) is 5. The molecule has 0 aromatic carbocycles. The summed E-state index contributed by atoms with van der Waals surface area (Å²) in [5, 5.41) is 21.3. The average molecular weight is 396 g/mol. The summed E-state index contributed by atoms with van der Waals surface area (Å²) in [7, 11) is 1.87. The lowest BCUT2D eigenvalue weighted by Gasteiger charge is -2.35. The predicted molar refractivity (Wildman–Crippen MR) is 91.7 cm³/mol. The number of rotatable bonds is 4. The summed E-state index contributed by atoms with van der Waals surface area (Å²) in [6, 6.07) is 1.47. The van der Waals surface area contributed by atoms with Gasteiger partial charge < -0.3 is 14.6 Å². The van der Waals surface area contributed by atoms with Gasteiger partial charge in [-0.15, -0.1) is 0 Å². The third-order valence-electron chi connectivity index (χ3n) is 4.43. The molecule has 24 heavy (non-hydrogen) atoms. The van der Waals surface area contributed by atoms with Crippen LogP contribution in [0.15, 0.2) is 29.1 Å². The summed E-state index contributed by atoms with van der Waals surface area (Å²) in [4.78, 5) is 20.9. The Morgan fingerprint density at radius 1 is 1.42 bits per heavy atom. The first-order valence-corrected chi connectivity index (χ1v) is 8.47. The van der Waals surface area contributed by atoms with Crippen molar-refractivity contribution in [3.05, 3.63) is 45.1 Å². The van der Waals surface area contributed by atoms with Gasteiger partial charge in [-0.1, -0.05) is 0 Å². The molecule has 0 bridgehead atoms. The Labute approximate surface area is 147 Å². The van der Waals surface area contributed by atoms with Crippen LogP contribution in [0.5, 0.6) is 0 Å². The SMILES string of the molecule is Cn1ccnc1C(O)C1CCN(c2ncc([N+](=O)[O-])cc2Br)CC1. The molecule has 1 fully saturated rings. The molecule has 128 valence electrons. The van der Waals surface area contributed by atoms with Crippen molar-refractivity contribution in [1.29, 1.82) is 0 Å². The molecule has 1 saturated heterocycles. The molecular weight excluding hydrogens is 378 g/mol. The van der Waals surface area contributed by atoms with Crippen molar-refractivity contribution >= 4 is 27.4 Å². The van der Waals surface area contributed by atoms with Crippen LogP contribution in [0.25, 0.3) is 0 Å². The molecule has 8 nitrogen and oxygen atoms in total. The molecule has 0 aliphatic carbocycles. The number of hydrogen-bond acceptors (Lipinski definition) is 6. The number of aliphatic hydroxyl groups excluding tert-OH is 1. The molecule has 1 atom stereocenters. The largest absolute Gasteiger partial charge is 0.385 e. The van der Waals surface area contributed by atoms with Crippen LogP contribution in [0.1, 0.15) is 24.8 Å². The Bertz CT molecular complexity index is 742. The summed E-state index contributed by atoms with van der Waals surface area (Å²) in [5.74, 6) is 1.52. The third kappa shape index (κ3) is 3.27. The monoisotopic (exact) mass is 395 g/mol. The molecule has 1 N–H and O–H groups in total. The highest BCUT2D eigenvalue weighted by Crippen LogP contribution is 2.34. The Kier molecular flexibility index (Phi) is 4.81. The molecule has 3 heterocycles. The Morgan fingerprint density at radius 3 is 2.67 bits per heavy atom. The minimum Gasteiger partial charge on any atom is -0.385 e. The van der Waals surface area contributed by atoms with E-state index in [2.05, 4.69) is 30.8 Å². The van der Waals surface area contributed by atoms with Crippen LogP contribution >= 0.6 is 15.9 Å². The third-order valence-corrected chi connectivity index (χ3v) is 5.01. The van der Waals surface area contributed by atoms with Crippen LogP contribution < -0.4 is 4.90 Å². The van der Waals surface area contributed by atoms with Crippen molar-refractivity contribution in [2.45, 2.75) is 18.9 Å². The molecular formula is C15H18BrN5O3. The maximum absolute atomic E-state index is 10.8. The van der Waals surface area contributed by atoms with E-state index in [1.165, 1.54) is 12.3 Å². The molecule has 2 aromatic heterocycles. The smallest absolute Gasteiger partial charge is 0.288 e. The standard InChI is InChI=1S/C15H18BrN5O3/c1-19-7-4-17-15(19)13(22)10-2-5-20(6-3-10)14-12(16)8-11(9-18-14)21(23)24/h4,7-10,13,22H,2-3,5-6H2,1H3. The van der Waals surface area contributed by atoms with E-state index in [1.807, 2.05) is 17.8 Å². The summed E-state index contributed by atoms with van der Waals surface area (Å²) in [6.45, 7) is 1.46. The molecule has 0 spiro atoms. The number of imidazole rings is 1. The minimum atomic E-state index is -0.583. The van der Waals surface area contributed by atoms with E-state index < -0.39 is 11.0 Å². The molecule has 2 aromatic rings. The Hall–Kier alpha value is -2.00.